The summed E-state index contributed by atoms with van der Waals surface area (Å²) in [5.74, 6) is -0.183. The summed E-state index contributed by atoms with van der Waals surface area (Å²) in [4.78, 5) is 0. The minimum absolute atomic E-state index is 0.0397. The monoisotopic (exact) mass is 263 g/mol. The zero-order valence-electron chi connectivity index (χ0n) is 10.3. The lowest BCUT2D eigenvalue weighted by molar-refractivity contribution is 0.0981. The van der Waals surface area contributed by atoms with Gasteiger partial charge in [-0.15, -0.1) is 0 Å². The fourth-order valence-electron chi connectivity index (χ4n) is 1.82. The molecule has 0 aliphatic carbocycles. The molecule has 0 radical (unpaired) electrons. The molecule has 0 saturated carbocycles. The average molecular weight is 263 g/mol. The molecule has 4 N–H and O–H groups in total. The maximum Gasteiger partial charge on any atom is 0.215 e. The molecule has 1 aliphatic rings. The lowest BCUT2D eigenvalue weighted by atomic mass is 10.1. The highest BCUT2D eigenvalue weighted by molar-refractivity contribution is 7.90. The van der Waals surface area contributed by atoms with Crippen LogP contribution in [0.3, 0.4) is 0 Å². The molecular formula is C10H21N3O3S. The maximum atomic E-state index is 12.1. The van der Waals surface area contributed by atoms with Crippen molar-refractivity contribution in [1.82, 2.24) is 4.72 Å². The predicted molar refractivity (Wildman–Crippen MR) is 66.4 cm³/mol. The van der Waals surface area contributed by atoms with Gasteiger partial charge in [0.25, 0.3) is 0 Å². The molecule has 6 nitrogen and oxygen atoms in total. The normalized spacial score (nSPS) is 20.4. The van der Waals surface area contributed by atoms with Crippen molar-refractivity contribution in [1.29, 1.82) is 5.41 Å². The molecule has 0 aromatic heterocycles. The largest absolute Gasteiger partial charge is 0.386 e. The molecule has 1 atom stereocenters. The standard InChI is InChI=1S/C10H21N3O3S/c1-7(2)9(10(11)12)13-17(14,15)8-3-5-16-6-4-8/h7-9,13H,3-6H2,1-2H3,(H3,11,12). The van der Waals surface area contributed by atoms with Crippen LogP contribution in [0.5, 0.6) is 0 Å². The van der Waals surface area contributed by atoms with Gasteiger partial charge in [-0.1, -0.05) is 13.8 Å². The van der Waals surface area contributed by atoms with Crippen molar-refractivity contribution >= 4 is 15.9 Å². The van der Waals surface area contributed by atoms with Crippen LogP contribution in [0, 0.1) is 11.3 Å². The number of amidine groups is 1. The zero-order chi connectivity index (χ0) is 13.1. The van der Waals surface area contributed by atoms with E-state index in [1.54, 1.807) is 0 Å². The molecule has 0 bridgehead atoms. The molecule has 17 heavy (non-hydrogen) atoms. The fraction of sp³-hybridized carbons (Fsp3) is 0.900. The van der Waals surface area contributed by atoms with Gasteiger partial charge in [-0.25, -0.2) is 13.1 Å². The first-order valence-corrected chi connectivity index (χ1v) is 7.32. The molecule has 7 heteroatoms. The first kappa shape index (κ1) is 14.4. The molecule has 1 aliphatic heterocycles. The van der Waals surface area contributed by atoms with Crippen LogP contribution in [0.4, 0.5) is 0 Å². The Balaban J connectivity index is 2.73. The summed E-state index contributed by atoms with van der Waals surface area (Å²) in [6.45, 7) is 4.60. The summed E-state index contributed by atoms with van der Waals surface area (Å²) in [5.41, 5.74) is 5.41. The average Bonchev–Trinajstić information content (AvgIpc) is 2.26. The third kappa shape index (κ3) is 3.93. The van der Waals surface area contributed by atoms with Gasteiger partial charge in [-0.2, -0.15) is 0 Å². The van der Waals surface area contributed by atoms with Crippen LogP contribution in [0.2, 0.25) is 0 Å². The molecule has 0 amide bonds. The van der Waals surface area contributed by atoms with E-state index in [2.05, 4.69) is 4.72 Å². The minimum Gasteiger partial charge on any atom is -0.386 e. The van der Waals surface area contributed by atoms with Crippen LogP contribution in [0.1, 0.15) is 26.7 Å². The van der Waals surface area contributed by atoms with Gasteiger partial charge in [-0.3, -0.25) is 5.41 Å². The van der Waals surface area contributed by atoms with Gasteiger partial charge in [0.05, 0.1) is 11.3 Å². The Kier molecular flexibility index (Phi) is 4.91. The number of hydrogen-bond donors (Lipinski definition) is 3. The molecule has 1 fully saturated rings. The number of nitrogens with one attached hydrogen (secondary N) is 2. The minimum atomic E-state index is -3.42. The Morgan fingerprint density at radius 1 is 1.41 bits per heavy atom. The van der Waals surface area contributed by atoms with Crippen molar-refractivity contribution in [3.63, 3.8) is 0 Å². The van der Waals surface area contributed by atoms with E-state index in [1.165, 1.54) is 0 Å². The highest BCUT2D eigenvalue weighted by Gasteiger charge is 2.31. The maximum absolute atomic E-state index is 12.1. The molecule has 1 saturated heterocycles. The Morgan fingerprint density at radius 2 is 1.94 bits per heavy atom. The molecule has 0 spiro atoms. The van der Waals surface area contributed by atoms with E-state index < -0.39 is 21.3 Å². The van der Waals surface area contributed by atoms with Gasteiger partial charge in [0.2, 0.25) is 10.0 Å². The number of nitrogens with two attached hydrogens (primary N) is 1. The second-order valence-corrected chi connectivity index (χ2v) is 6.64. The number of ether oxygens (including phenoxy) is 1. The highest BCUT2D eigenvalue weighted by atomic mass is 32.2. The van der Waals surface area contributed by atoms with Crippen LogP contribution < -0.4 is 10.5 Å². The first-order chi connectivity index (χ1) is 7.84. The number of sulfonamides is 1. The van der Waals surface area contributed by atoms with Crippen molar-refractivity contribution < 1.29 is 13.2 Å². The van der Waals surface area contributed by atoms with Gasteiger partial charge < -0.3 is 10.5 Å². The van der Waals surface area contributed by atoms with Gasteiger partial charge in [0.1, 0.15) is 5.84 Å². The topological polar surface area (TPSA) is 105 Å². The molecule has 1 unspecified atom stereocenters. The van der Waals surface area contributed by atoms with Crippen molar-refractivity contribution in [2.75, 3.05) is 13.2 Å². The van der Waals surface area contributed by atoms with Crippen LogP contribution in [-0.4, -0.2) is 38.8 Å². The first-order valence-electron chi connectivity index (χ1n) is 5.77. The Hall–Kier alpha value is -0.660. The zero-order valence-corrected chi connectivity index (χ0v) is 11.1. The van der Waals surface area contributed by atoms with Crippen molar-refractivity contribution in [3.8, 4) is 0 Å². The summed E-state index contributed by atoms with van der Waals surface area (Å²) >= 11 is 0. The van der Waals surface area contributed by atoms with Gasteiger partial charge in [-0.05, 0) is 18.8 Å². The van der Waals surface area contributed by atoms with Crippen molar-refractivity contribution in [2.24, 2.45) is 11.7 Å². The summed E-state index contributed by atoms with van der Waals surface area (Å²) in [7, 11) is -3.42. The van der Waals surface area contributed by atoms with Crippen molar-refractivity contribution in [3.05, 3.63) is 0 Å². The Bertz CT molecular complexity index is 361. The predicted octanol–water partition coefficient (Wildman–Crippen LogP) is 0.0454. The molecule has 1 heterocycles. The molecule has 0 aromatic carbocycles. The van der Waals surface area contributed by atoms with Crippen LogP contribution in [-0.2, 0) is 14.8 Å². The van der Waals surface area contributed by atoms with E-state index in [9.17, 15) is 8.42 Å². The number of hydrogen-bond acceptors (Lipinski definition) is 4. The second kappa shape index (κ2) is 5.79. The molecular weight excluding hydrogens is 242 g/mol. The summed E-state index contributed by atoms with van der Waals surface area (Å²) < 4.78 is 31.8. The number of rotatable bonds is 5. The second-order valence-electron chi connectivity index (χ2n) is 4.65. The summed E-state index contributed by atoms with van der Waals surface area (Å²) in [5, 5.41) is 6.97. The Morgan fingerprint density at radius 3 is 2.35 bits per heavy atom. The summed E-state index contributed by atoms with van der Waals surface area (Å²) in [6, 6.07) is -0.622. The molecule has 1 rings (SSSR count). The van der Waals surface area contributed by atoms with Gasteiger partial charge >= 0.3 is 0 Å². The van der Waals surface area contributed by atoms with Gasteiger partial charge in [0, 0.05) is 13.2 Å². The van der Waals surface area contributed by atoms with E-state index in [4.69, 9.17) is 15.9 Å². The Labute approximate surface area is 102 Å². The van der Waals surface area contributed by atoms with Crippen LogP contribution >= 0.6 is 0 Å². The van der Waals surface area contributed by atoms with E-state index in [1.807, 2.05) is 13.8 Å². The van der Waals surface area contributed by atoms with E-state index >= 15 is 0 Å². The lowest BCUT2D eigenvalue weighted by Gasteiger charge is -2.27. The van der Waals surface area contributed by atoms with E-state index in [0.717, 1.165) is 0 Å². The smallest absolute Gasteiger partial charge is 0.215 e. The van der Waals surface area contributed by atoms with Crippen LogP contribution in [0.25, 0.3) is 0 Å². The quantitative estimate of drug-likeness (QED) is 0.481. The molecule has 100 valence electrons. The SMILES string of the molecule is CC(C)C(NS(=O)(=O)C1CCOCC1)C(=N)N. The van der Waals surface area contributed by atoms with E-state index in [0.29, 0.717) is 26.1 Å². The van der Waals surface area contributed by atoms with Crippen molar-refractivity contribution in [2.45, 2.75) is 38.0 Å². The summed E-state index contributed by atoms with van der Waals surface area (Å²) in [6.07, 6.45) is 0.996. The van der Waals surface area contributed by atoms with Crippen LogP contribution in [0.15, 0.2) is 0 Å². The fourth-order valence-corrected chi connectivity index (χ4v) is 3.58. The third-order valence-electron chi connectivity index (χ3n) is 2.90. The highest BCUT2D eigenvalue weighted by Crippen LogP contribution is 2.16. The lowest BCUT2D eigenvalue weighted by Crippen LogP contribution is -2.50. The van der Waals surface area contributed by atoms with E-state index in [-0.39, 0.29) is 11.8 Å². The van der Waals surface area contributed by atoms with Gasteiger partial charge in [0.15, 0.2) is 0 Å². The molecule has 0 aromatic rings. The third-order valence-corrected chi connectivity index (χ3v) is 4.83.